The summed E-state index contributed by atoms with van der Waals surface area (Å²) in [7, 11) is 0. The Morgan fingerprint density at radius 3 is 2.40 bits per heavy atom. The van der Waals surface area contributed by atoms with Crippen LogP contribution in [0.15, 0.2) is 127 Å². The van der Waals surface area contributed by atoms with Crippen LogP contribution in [-0.2, 0) is 26.5 Å². The van der Waals surface area contributed by atoms with Gasteiger partial charge in [-0.1, -0.05) is 86.0 Å². The first kappa shape index (κ1) is 33.7. The van der Waals surface area contributed by atoms with Crippen molar-refractivity contribution in [3.63, 3.8) is 0 Å². The minimum Gasteiger partial charge on any atom is -0.503 e. The van der Waals surface area contributed by atoms with E-state index in [-0.39, 0.29) is 33.5 Å². The van der Waals surface area contributed by atoms with Gasteiger partial charge < -0.3 is 18.6 Å². The Labute approximate surface area is 318 Å². The molecule has 2 aliphatic rings. The van der Waals surface area contributed by atoms with E-state index in [4.69, 9.17) is 19.7 Å². The zero-order valence-electron chi connectivity index (χ0n) is 29.5. The minimum absolute atomic E-state index is 0. The quantitative estimate of drug-likeness (QED) is 0.128. The molecule has 0 saturated carbocycles. The van der Waals surface area contributed by atoms with E-state index in [1.165, 1.54) is 22.2 Å². The molecule has 7 nitrogen and oxygen atoms in total. The molecule has 0 radical (unpaired) electrons. The van der Waals surface area contributed by atoms with Gasteiger partial charge in [0.05, 0.1) is 6.20 Å². The predicted octanol–water partition coefficient (Wildman–Crippen LogP) is 9.02. The average Bonchev–Trinajstić information content (AvgIpc) is 3.70. The Balaban J connectivity index is 0.00000387. The second-order valence-electron chi connectivity index (χ2n) is 14.2. The van der Waals surface area contributed by atoms with Crippen molar-refractivity contribution in [1.29, 1.82) is 0 Å². The zero-order chi connectivity index (χ0) is 34.9. The van der Waals surface area contributed by atoms with Crippen LogP contribution in [-0.4, -0.2) is 36.6 Å². The number of imidazole rings is 1. The van der Waals surface area contributed by atoms with Crippen molar-refractivity contribution in [2.24, 2.45) is 4.99 Å². The summed E-state index contributed by atoms with van der Waals surface area (Å²) in [4.78, 5) is 16.9. The van der Waals surface area contributed by atoms with Gasteiger partial charge in [-0.2, -0.15) is 6.07 Å². The molecule has 3 aromatic heterocycles. The van der Waals surface area contributed by atoms with Crippen LogP contribution in [0.3, 0.4) is 0 Å². The summed E-state index contributed by atoms with van der Waals surface area (Å²) in [6.07, 6.45) is 11.9. The van der Waals surface area contributed by atoms with Gasteiger partial charge in [0, 0.05) is 29.0 Å². The summed E-state index contributed by atoms with van der Waals surface area (Å²) in [5.41, 5.74) is 7.62. The number of para-hydroxylation sites is 1. The molecule has 0 unspecified atom stereocenters. The van der Waals surface area contributed by atoms with Gasteiger partial charge in [0.15, 0.2) is 0 Å². The molecule has 0 amide bonds. The van der Waals surface area contributed by atoms with Crippen LogP contribution in [0.4, 0.5) is 5.82 Å². The fraction of sp³-hybridized carbons (Fsp3) is 0.140. The summed E-state index contributed by atoms with van der Waals surface area (Å²) in [5, 5.41) is 2.22. The van der Waals surface area contributed by atoms with E-state index in [2.05, 4.69) is 127 Å². The van der Waals surface area contributed by atoms with E-state index >= 15 is 0 Å². The van der Waals surface area contributed by atoms with Gasteiger partial charge in [-0.3, -0.25) is 4.98 Å². The van der Waals surface area contributed by atoms with Gasteiger partial charge in [0.2, 0.25) is 0 Å². The Bertz CT molecular complexity index is 2590. The van der Waals surface area contributed by atoms with Crippen molar-refractivity contribution in [2.75, 3.05) is 0 Å². The maximum Gasteiger partial charge on any atom is 2.00 e. The van der Waals surface area contributed by atoms with Gasteiger partial charge >= 0.3 is 28.0 Å². The topological polar surface area (TPSA) is 60.5 Å². The van der Waals surface area contributed by atoms with Crippen LogP contribution < -0.4 is 10.2 Å². The standard InChI is InChI=1S/C43H35BN6O.Pt/c1-28-12-10-13-29(2)41(28)44-48-23-9-8-18-38(48)47-40-27-46-42(50(40)44)30-14-11-15-32(24-30)51-33-19-20-35-34-16-6-7-17-36(34)49(37(35)26-33)39-25-31(21-22-45-39)43(3,4)5;/h6-23,25,27H,1-5H3;/q-2;+2. The third-order valence-electron chi connectivity index (χ3n) is 9.81. The number of pyridine rings is 1. The molecule has 7 aromatic rings. The number of aromatic nitrogens is 4. The number of hydrogen-bond acceptors (Lipinski definition) is 5. The van der Waals surface area contributed by atoms with Gasteiger partial charge in [-0.15, -0.1) is 41.3 Å². The van der Waals surface area contributed by atoms with Crippen molar-refractivity contribution in [1.82, 2.24) is 23.8 Å². The Morgan fingerprint density at radius 2 is 1.58 bits per heavy atom. The number of aliphatic imine (C=N–C) groups is 1. The summed E-state index contributed by atoms with van der Waals surface area (Å²) < 4.78 is 10.9. The van der Waals surface area contributed by atoms with E-state index in [1.54, 1.807) is 0 Å². The fourth-order valence-corrected chi connectivity index (χ4v) is 7.30. The first-order valence-corrected chi connectivity index (χ1v) is 17.2. The summed E-state index contributed by atoms with van der Waals surface area (Å²) in [5.74, 6) is 4.44. The van der Waals surface area contributed by atoms with Crippen molar-refractivity contribution in [3.8, 4) is 28.7 Å². The number of aryl methyl sites for hydroxylation is 2. The number of benzene rings is 4. The number of rotatable bonds is 5. The van der Waals surface area contributed by atoms with Crippen molar-refractivity contribution in [3.05, 3.63) is 151 Å². The molecule has 5 heterocycles. The maximum atomic E-state index is 6.53. The van der Waals surface area contributed by atoms with Gasteiger partial charge in [-0.05, 0) is 72.2 Å². The largest absolute Gasteiger partial charge is 2.00 e. The molecular weight excluding hydrogens is 822 g/mol. The molecule has 0 spiro atoms. The Morgan fingerprint density at radius 1 is 0.788 bits per heavy atom. The average molecular weight is 858 g/mol. The summed E-state index contributed by atoms with van der Waals surface area (Å²) in [6, 6.07) is 36.2. The maximum absolute atomic E-state index is 6.53. The van der Waals surface area contributed by atoms with Crippen LogP contribution in [0.25, 0.3) is 39.0 Å². The molecule has 2 aliphatic heterocycles. The van der Waals surface area contributed by atoms with E-state index in [1.807, 2.05) is 54.9 Å². The van der Waals surface area contributed by atoms with Gasteiger partial charge in [0.25, 0.3) is 0 Å². The molecule has 256 valence electrons. The second-order valence-corrected chi connectivity index (χ2v) is 14.2. The van der Waals surface area contributed by atoms with E-state index in [9.17, 15) is 0 Å². The first-order valence-electron chi connectivity index (χ1n) is 17.2. The monoisotopic (exact) mass is 857 g/mol. The van der Waals surface area contributed by atoms with Gasteiger partial charge in [0.1, 0.15) is 17.5 Å². The molecule has 0 aliphatic carbocycles. The number of fused-ring (bicyclic) bond motifs is 5. The zero-order valence-corrected chi connectivity index (χ0v) is 31.8. The molecule has 9 rings (SSSR count). The van der Waals surface area contributed by atoms with Crippen LogP contribution >= 0.6 is 0 Å². The Hall–Kier alpha value is -5.46. The molecule has 0 saturated heterocycles. The Kier molecular flexibility index (Phi) is 8.38. The van der Waals surface area contributed by atoms with Crippen LogP contribution in [0.2, 0.25) is 0 Å². The molecule has 0 fully saturated rings. The first-order chi connectivity index (χ1) is 24.7. The minimum atomic E-state index is -0.173. The number of allylic oxidation sites excluding steroid dienone is 2. The van der Waals surface area contributed by atoms with Crippen molar-refractivity contribution >= 4 is 45.9 Å². The molecule has 0 N–H and O–H groups in total. The van der Waals surface area contributed by atoms with Crippen LogP contribution in [0, 0.1) is 26.0 Å². The second kappa shape index (κ2) is 12.9. The molecule has 9 heteroatoms. The SMILES string of the molecule is Cc1cccc(C)c1B1N2C=CC=CC2=Nc2cnc(-c3[c-]c(Oc4[c-]c5c(cc4)c4ccccc4n5-c4cc(C(C)(C)C)ccn4)ccc3)n21.[Pt+2]. The number of nitrogens with zero attached hydrogens (tertiary/aromatic N) is 6. The van der Waals surface area contributed by atoms with Crippen LogP contribution in [0.5, 0.6) is 11.5 Å². The van der Waals surface area contributed by atoms with Gasteiger partial charge in [-0.25, -0.2) is 9.98 Å². The number of hydrogen-bond donors (Lipinski definition) is 0. The molecule has 0 atom stereocenters. The molecule has 4 aromatic carbocycles. The molecule has 0 bridgehead atoms. The number of ether oxygens (including phenoxy) is 1. The summed E-state index contributed by atoms with van der Waals surface area (Å²) in [6.45, 7) is 10.8. The third kappa shape index (κ3) is 5.62. The normalized spacial score (nSPS) is 13.6. The molecule has 52 heavy (non-hydrogen) atoms. The van der Waals surface area contributed by atoms with E-state index < -0.39 is 0 Å². The smallest absolute Gasteiger partial charge is 0.503 e. The van der Waals surface area contributed by atoms with E-state index in [0.29, 0.717) is 11.5 Å². The third-order valence-corrected chi connectivity index (χ3v) is 9.81. The van der Waals surface area contributed by atoms with Crippen molar-refractivity contribution < 1.29 is 25.8 Å². The fourth-order valence-electron chi connectivity index (χ4n) is 7.30. The molecular formula is C43H35BN6OPt. The summed E-state index contributed by atoms with van der Waals surface area (Å²) >= 11 is 0. The number of amidine groups is 1. The van der Waals surface area contributed by atoms with E-state index in [0.717, 1.165) is 50.7 Å². The predicted molar refractivity (Wildman–Crippen MR) is 207 cm³/mol. The van der Waals surface area contributed by atoms with Crippen LogP contribution in [0.1, 0.15) is 37.5 Å². The van der Waals surface area contributed by atoms with Crippen molar-refractivity contribution in [2.45, 2.75) is 40.0 Å².